The van der Waals surface area contributed by atoms with E-state index in [1.807, 2.05) is 24.3 Å². The quantitative estimate of drug-likeness (QED) is 0.771. The molecule has 1 fully saturated rings. The Bertz CT molecular complexity index is 332. The van der Waals surface area contributed by atoms with E-state index in [1.165, 1.54) is 0 Å². The van der Waals surface area contributed by atoms with Gasteiger partial charge in [0, 0.05) is 6.42 Å². The fraction of sp³-hybridized carbons (Fsp3) is 0.364. The lowest BCUT2D eigenvalue weighted by molar-refractivity contribution is -0.119. The normalized spacial score (nSPS) is 20.6. The lowest BCUT2D eigenvalue weighted by Crippen LogP contribution is -2.18. The van der Waals surface area contributed by atoms with Crippen LogP contribution < -0.4 is 10.1 Å². The molecule has 2 rings (SSSR count). The molecular formula is C11H13NO2. The van der Waals surface area contributed by atoms with Crippen molar-refractivity contribution in [3.05, 3.63) is 29.8 Å². The van der Waals surface area contributed by atoms with Gasteiger partial charge in [0.15, 0.2) is 0 Å². The third kappa shape index (κ3) is 1.71. The van der Waals surface area contributed by atoms with Gasteiger partial charge in [0.25, 0.3) is 0 Å². The molecule has 3 heteroatoms. The summed E-state index contributed by atoms with van der Waals surface area (Å²) in [6.07, 6.45) is 1.53. The third-order valence-corrected chi connectivity index (χ3v) is 2.51. The molecule has 1 heterocycles. The largest absolute Gasteiger partial charge is 0.497 e. The molecule has 0 saturated carbocycles. The van der Waals surface area contributed by atoms with Gasteiger partial charge in [0.2, 0.25) is 5.91 Å². The number of carbonyl (C=O) groups is 1. The van der Waals surface area contributed by atoms with Crippen LogP contribution in [0.3, 0.4) is 0 Å². The number of hydrogen-bond acceptors (Lipinski definition) is 2. The summed E-state index contributed by atoms with van der Waals surface area (Å²) in [7, 11) is 1.65. The Hall–Kier alpha value is -1.51. The fourth-order valence-electron chi connectivity index (χ4n) is 1.70. The van der Waals surface area contributed by atoms with E-state index in [9.17, 15) is 4.79 Å². The summed E-state index contributed by atoms with van der Waals surface area (Å²) in [4.78, 5) is 11.0. The Balaban J connectivity index is 2.13. The van der Waals surface area contributed by atoms with Crippen molar-refractivity contribution in [2.24, 2.45) is 0 Å². The molecule has 0 aromatic heterocycles. The number of nitrogens with one attached hydrogen (secondary N) is 1. The van der Waals surface area contributed by atoms with E-state index in [2.05, 4.69) is 5.32 Å². The zero-order valence-electron chi connectivity index (χ0n) is 8.12. The number of rotatable bonds is 2. The Labute approximate surface area is 83.1 Å². The van der Waals surface area contributed by atoms with Crippen LogP contribution in [0.25, 0.3) is 0 Å². The first kappa shape index (κ1) is 9.06. The summed E-state index contributed by atoms with van der Waals surface area (Å²) in [6.45, 7) is 0. The summed E-state index contributed by atoms with van der Waals surface area (Å²) < 4.78 is 5.07. The smallest absolute Gasteiger partial charge is 0.220 e. The van der Waals surface area contributed by atoms with Gasteiger partial charge >= 0.3 is 0 Å². The molecule has 1 saturated heterocycles. The fourth-order valence-corrected chi connectivity index (χ4v) is 1.70. The molecule has 0 bridgehead atoms. The molecular weight excluding hydrogens is 178 g/mol. The van der Waals surface area contributed by atoms with Crippen LogP contribution in [0.4, 0.5) is 0 Å². The average Bonchev–Trinajstić information content (AvgIpc) is 2.65. The maximum absolute atomic E-state index is 11.0. The van der Waals surface area contributed by atoms with Crippen LogP contribution in [-0.2, 0) is 4.79 Å². The number of amides is 1. The highest BCUT2D eigenvalue weighted by Gasteiger charge is 2.21. The molecule has 1 aromatic rings. The first-order valence-corrected chi connectivity index (χ1v) is 4.73. The third-order valence-electron chi connectivity index (χ3n) is 2.51. The van der Waals surface area contributed by atoms with Crippen molar-refractivity contribution in [1.82, 2.24) is 5.32 Å². The van der Waals surface area contributed by atoms with Gasteiger partial charge in [0.05, 0.1) is 13.2 Å². The minimum absolute atomic E-state index is 0.144. The van der Waals surface area contributed by atoms with Gasteiger partial charge in [-0.1, -0.05) is 12.1 Å². The zero-order valence-corrected chi connectivity index (χ0v) is 8.12. The second kappa shape index (κ2) is 3.70. The summed E-state index contributed by atoms with van der Waals surface area (Å²) in [5.41, 5.74) is 1.15. The predicted octanol–water partition coefficient (Wildman–Crippen LogP) is 1.65. The van der Waals surface area contributed by atoms with Crippen LogP contribution in [0.2, 0.25) is 0 Å². The van der Waals surface area contributed by atoms with Crippen LogP contribution in [0.1, 0.15) is 24.4 Å². The van der Waals surface area contributed by atoms with Crippen molar-refractivity contribution >= 4 is 5.91 Å². The summed E-state index contributed by atoms with van der Waals surface area (Å²) in [5, 5.41) is 2.93. The number of hydrogen-bond donors (Lipinski definition) is 1. The number of ether oxygens (including phenoxy) is 1. The van der Waals surface area contributed by atoms with Crippen LogP contribution in [-0.4, -0.2) is 13.0 Å². The Kier molecular flexibility index (Phi) is 2.39. The van der Waals surface area contributed by atoms with E-state index < -0.39 is 0 Å². The van der Waals surface area contributed by atoms with E-state index in [0.717, 1.165) is 17.7 Å². The van der Waals surface area contributed by atoms with Crippen LogP contribution in [0.15, 0.2) is 24.3 Å². The second-order valence-electron chi connectivity index (χ2n) is 3.43. The van der Waals surface area contributed by atoms with E-state index in [-0.39, 0.29) is 11.9 Å². The molecule has 1 aliphatic heterocycles. The lowest BCUT2D eigenvalue weighted by Gasteiger charge is -2.10. The lowest BCUT2D eigenvalue weighted by atomic mass is 10.1. The number of methoxy groups -OCH3 is 1. The van der Waals surface area contributed by atoms with Crippen LogP contribution in [0, 0.1) is 0 Å². The molecule has 1 aromatic carbocycles. The predicted molar refractivity (Wildman–Crippen MR) is 53.1 cm³/mol. The zero-order chi connectivity index (χ0) is 9.97. The van der Waals surface area contributed by atoms with Gasteiger partial charge in [-0.05, 0) is 24.1 Å². The summed E-state index contributed by atoms with van der Waals surface area (Å²) in [5.74, 6) is 0.990. The van der Waals surface area contributed by atoms with Gasteiger partial charge in [0.1, 0.15) is 5.75 Å². The molecule has 0 spiro atoms. The Morgan fingerprint density at radius 2 is 2.07 bits per heavy atom. The molecule has 0 aliphatic carbocycles. The molecule has 74 valence electrons. The summed E-state index contributed by atoms with van der Waals surface area (Å²) in [6, 6.07) is 8.01. The minimum atomic E-state index is 0.144. The molecule has 1 amide bonds. The second-order valence-corrected chi connectivity index (χ2v) is 3.43. The van der Waals surface area contributed by atoms with Gasteiger partial charge < -0.3 is 10.1 Å². The highest BCUT2D eigenvalue weighted by molar-refractivity contribution is 5.78. The van der Waals surface area contributed by atoms with Gasteiger partial charge in [-0.2, -0.15) is 0 Å². The number of benzene rings is 1. The summed E-state index contributed by atoms with van der Waals surface area (Å²) >= 11 is 0. The topological polar surface area (TPSA) is 38.3 Å². The van der Waals surface area contributed by atoms with Crippen molar-refractivity contribution in [2.45, 2.75) is 18.9 Å². The Morgan fingerprint density at radius 1 is 1.36 bits per heavy atom. The highest BCUT2D eigenvalue weighted by atomic mass is 16.5. The standard InChI is InChI=1S/C11H13NO2/c1-14-9-4-2-8(3-5-9)10-6-7-11(13)12-10/h2-5,10H,6-7H2,1H3,(H,12,13)/t10-/m1/s1. The van der Waals surface area contributed by atoms with Gasteiger partial charge in [-0.3, -0.25) is 4.79 Å². The molecule has 14 heavy (non-hydrogen) atoms. The molecule has 1 aliphatic rings. The van der Waals surface area contributed by atoms with E-state index >= 15 is 0 Å². The minimum Gasteiger partial charge on any atom is -0.497 e. The first-order chi connectivity index (χ1) is 6.79. The maximum Gasteiger partial charge on any atom is 0.220 e. The molecule has 0 radical (unpaired) electrons. The highest BCUT2D eigenvalue weighted by Crippen LogP contribution is 2.25. The van der Waals surface area contributed by atoms with E-state index in [4.69, 9.17) is 4.74 Å². The van der Waals surface area contributed by atoms with Crippen molar-refractivity contribution in [3.8, 4) is 5.75 Å². The van der Waals surface area contributed by atoms with E-state index in [1.54, 1.807) is 7.11 Å². The van der Waals surface area contributed by atoms with Crippen molar-refractivity contribution in [1.29, 1.82) is 0 Å². The maximum atomic E-state index is 11.0. The first-order valence-electron chi connectivity index (χ1n) is 4.73. The van der Waals surface area contributed by atoms with Crippen molar-refractivity contribution in [2.75, 3.05) is 7.11 Å². The Morgan fingerprint density at radius 3 is 2.57 bits per heavy atom. The van der Waals surface area contributed by atoms with Crippen LogP contribution in [0.5, 0.6) is 5.75 Å². The van der Waals surface area contributed by atoms with E-state index in [0.29, 0.717) is 6.42 Å². The van der Waals surface area contributed by atoms with Crippen molar-refractivity contribution < 1.29 is 9.53 Å². The van der Waals surface area contributed by atoms with Crippen molar-refractivity contribution in [3.63, 3.8) is 0 Å². The van der Waals surface area contributed by atoms with Gasteiger partial charge in [-0.15, -0.1) is 0 Å². The monoisotopic (exact) mass is 191 g/mol. The average molecular weight is 191 g/mol. The molecule has 3 nitrogen and oxygen atoms in total. The van der Waals surface area contributed by atoms with Gasteiger partial charge in [-0.25, -0.2) is 0 Å². The SMILES string of the molecule is COc1ccc([C@H]2CCC(=O)N2)cc1. The molecule has 1 N–H and O–H groups in total. The number of carbonyl (C=O) groups excluding carboxylic acids is 1. The van der Waals surface area contributed by atoms with Crippen LogP contribution >= 0.6 is 0 Å². The molecule has 0 unspecified atom stereocenters. The molecule has 1 atom stereocenters.